The van der Waals surface area contributed by atoms with Gasteiger partial charge in [0, 0.05) is 50.8 Å². The molecule has 1 fully saturated rings. The van der Waals surface area contributed by atoms with E-state index in [4.69, 9.17) is 4.74 Å². The van der Waals surface area contributed by atoms with E-state index in [1.807, 2.05) is 67.3 Å². The molecule has 6 heteroatoms. The Morgan fingerprint density at radius 2 is 1.66 bits per heavy atom. The van der Waals surface area contributed by atoms with Crippen LogP contribution in [0, 0.1) is 0 Å². The van der Waals surface area contributed by atoms with E-state index >= 15 is 0 Å². The molecule has 1 aliphatic rings. The van der Waals surface area contributed by atoms with Crippen LogP contribution in [0.25, 0.3) is 11.1 Å². The fourth-order valence-corrected chi connectivity index (χ4v) is 3.93. The van der Waals surface area contributed by atoms with Gasteiger partial charge in [-0.1, -0.05) is 30.3 Å². The van der Waals surface area contributed by atoms with Gasteiger partial charge in [0.25, 0.3) is 0 Å². The van der Waals surface area contributed by atoms with Crippen molar-refractivity contribution in [2.24, 2.45) is 0 Å². The van der Waals surface area contributed by atoms with Crippen molar-refractivity contribution in [2.75, 3.05) is 38.0 Å². The number of ether oxygens (including phenoxy) is 1. The molecule has 0 aliphatic carbocycles. The maximum atomic E-state index is 12.3. The largest absolute Gasteiger partial charge is 0.490 e. The molecule has 1 aliphatic heterocycles. The molecular weight excluding hydrogens is 402 g/mol. The second kappa shape index (κ2) is 11.7. The third kappa shape index (κ3) is 7.09. The predicted octanol–water partition coefficient (Wildman–Crippen LogP) is 4.41. The van der Waals surface area contributed by atoms with Crippen LogP contribution in [0.15, 0.2) is 48.5 Å². The lowest BCUT2D eigenvalue weighted by Gasteiger charge is -2.34. The average molecular weight is 438 g/mol. The van der Waals surface area contributed by atoms with Crippen molar-refractivity contribution >= 4 is 17.5 Å². The first-order chi connectivity index (χ1) is 15.4. The van der Waals surface area contributed by atoms with Gasteiger partial charge in [0.2, 0.25) is 11.8 Å². The topological polar surface area (TPSA) is 61.9 Å². The Morgan fingerprint density at radius 1 is 0.969 bits per heavy atom. The second-order valence-corrected chi connectivity index (χ2v) is 8.59. The molecule has 2 aromatic carbocycles. The molecule has 0 radical (unpaired) electrons. The fourth-order valence-electron chi connectivity index (χ4n) is 3.93. The molecule has 32 heavy (non-hydrogen) atoms. The van der Waals surface area contributed by atoms with E-state index in [9.17, 15) is 9.59 Å². The van der Waals surface area contributed by atoms with Gasteiger partial charge >= 0.3 is 0 Å². The highest BCUT2D eigenvalue weighted by molar-refractivity contribution is 5.91. The van der Waals surface area contributed by atoms with E-state index in [0.717, 1.165) is 68.1 Å². The van der Waals surface area contributed by atoms with Gasteiger partial charge in [0.05, 0.1) is 6.10 Å². The smallest absolute Gasteiger partial charge is 0.224 e. The molecule has 3 rings (SSSR count). The van der Waals surface area contributed by atoms with Gasteiger partial charge in [-0.2, -0.15) is 0 Å². The molecule has 172 valence electrons. The number of hydrogen-bond donors (Lipinski definition) is 1. The van der Waals surface area contributed by atoms with Crippen molar-refractivity contribution in [1.82, 2.24) is 9.80 Å². The number of benzene rings is 2. The summed E-state index contributed by atoms with van der Waals surface area (Å²) < 4.78 is 5.92. The van der Waals surface area contributed by atoms with Gasteiger partial charge in [-0.05, 0) is 57.0 Å². The highest BCUT2D eigenvalue weighted by Crippen LogP contribution is 2.31. The first-order valence-electron chi connectivity index (χ1n) is 11.6. The zero-order valence-corrected chi connectivity index (χ0v) is 19.5. The Labute approximate surface area is 191 Å². The maximum absolute atomic E-state index is 12.3. The third-order valence-corrected chi connectivity index (χ3v) is 5.68. The summed E-state index contributed by atoms with van der Waals surface area (Å²) in [7, 11) is 0. The zero-order valence-electron chi connectivity index (χ0n) is 19.5. The summed E-state index contributed by atoms with van der Waals surface area (Å²) in [5.74, 6) is 1.06. The number of carbonyl (C=O) groups excluding carboxylic acids is 2. The van der Waals surface area contributed by atoms with E-state index in [0.29, 0.717) is 6.42 Å². The quantitative estimate of drug-likeness (QED) is 0.590. The minimum Gasteiger partial charge on any atom is -0.490 e. The Kier molecular flexibility index (Phi) is 8.68. The number of unbranched alkanes of at least 4 members (excludes halogenated alkanes) is 1. The van der Waals surface area contributed by atoms with Crippen LogP contribution < -0.4 is 10.1 Å². The van der Waals surface area contributed by atoms with Gasteiger partial charge in [0.1, 0.15) is 5.75 Å². The Morgan fingerprint density at radius 3 is 2.31 bits per heavy atom. The standard InChI is InChI=1S/C26H35N3O3/c1-20(2)32-25-9-5-4-8-24(25)22-11-13-23(14-12-22)27-26(31)10-6-7-15-28-16-18-29(19-17-28)21(3)30/h4-5,8-9,11-14,20H,6-7,10,15-19H2,1-3H3,(H,27,31). The molecular formula is C26H35N3O3. The number of rotatable bonds is 9. The highest BCUT2D eigenvalue weighted by atomic mass is 16.5. The molecule has 0 atom stereocenters. The monoisotopic (exact) mass is 437 g/mol. The summed E-state index contributed by atoms with van der Waals surface area (Å²) in [6.45, 7) is 10.1. The molecule has 0 spiro atoms. The lowest BCUT2D eigenvalue weighted by atomic mass is 10.0. The number of piperazine rings is 1. The first kappa shape index (κ1) is 23.8. The molecule has 2 amide bonds. The molecule has 1 heterocycles. The number of amides is 2. The van der Waals surface area contributed by atoms with E-state index in [1.165, 1.54) is 0 Å². The molecule has 1 N–H and O–H groups in total. The van der Waals surface area contributed by atoms with Crippen LogP contribution in [0.2, 0.25) is 0 Å². The van der Waals surface area contributed by atoms with Crippen LogP contribution in [0.3, 0.4) is 0 Å². The van der Waals surface area contributed by atoms with E-state index in [1.54, 1.807) is 6.92 Å². The SMILES string of the molecule is CC(=O)N1CCN(CCCCC(=O)Nc2ccc(-c3ccccc3OC(C)C)cc2)CC1. The van der Waals surface area contributed by atoms with Crippen molar-refractivity contribution in [1.29, 1.82) is 0 Å². The lowest BCUT2D eigenvalue weighted by molar-refractivity contribution is -0.130. The Bertz CT molecular complexity index is 887. The van der Waals surface area contributed by atoms with Crippen LogP contribution in [0.4, 0.5) is 5.69 Å². The molecule has 0 saturated carbocycles. The number of nitrogens with one attached hydrogen (secondary N) is 1. The summed E-state index contributed by atoms with van der Waals surface area (Å²) in [4.78, 5) is 28.0. The summed E-state index contributed by atoms with van der Waals surface area (Å²) in [6.07, 6.45) is 2.47. The van der Waals surface area contributed by atoms with Crippen LogP contribution in [0.1, 0.15) is 40.0 Å². The Hall–Kier alpha value is -2.86. The van der Waals surface area contributed by atoms with Crippen LogP contribution in [-0.4, -0.2) is 60.4 Å². The molecule has 2 aromatic rings. The molecule has 0 aromatic heterocycles. The third-order valence-electron chi connectivity index (χ3n) is 5.68. The summed E-state index contributed by atoms with van der Waals surface area (Å²) in [5.41, 5.74) is 2.91. The normalized spacial score (nSPS) is 14.4. The predicted molar refractivity (Wildman–Crippen MR) is 129 cm³/mol. The first-order valence-corrected chi connectivity index (χ1v) is 11.6. The van der Waals surface area contributed by atoms with Crippen LogP contribution >= 0.6 is 0 Å². The van der Waals surface area contributed by atoms with Crippen molar-refractivity contribution in [3.63, 3.8) is 0 Å². The number of carbonyl (C=O) groups is 2. The van der Waals surface area contributed by atoms with Crippen molar-refractivity contribution < 1.29 is 14.3 Å². The number of para-hydroxylation sites is 1. The van der Waals surface area contributed by atoms with Crippen molar-refractivity contribution in [3.05, 3.63) is 48.5 Å². The van der Waals surface area contributed by atoms with Gasteiger partial charge in [-0.3, -0.25) is 14.5 Å². The molecule has 1 saturated heterocycles. The minimum atomic E-state index is 0.0442. The Balaban J connectivity index is 1.41. The number of hydrogen-bond acceptors (Lipinski definition) is 4. The molecule has 0 bridgehead atoms. The highest BCUT2D eigenvalue weighted by Gasteiger charge is 2.18. The maximum Gasteiger partial charge on any atom is 0.224 e. The van der Waals surface area contributed by atoms with E-state index in [-0.39, 0.29) is 17.9 Å². The van der Waals surface area contributed by atoms with E-state index in [2.05, 4.69) is 10.2 Å². The van der Waals surface area contributed by atoms with Gasteiger partial charge in [-0.25, -0.2) is 0 Å². The van der Waals surface area contributed by atoms with Gasteiger partial charge in [0.15, 0.2) is 0 Å². The minimum absolute atomic E-state index is 0.0442. The molecule has 0 unspecified atom stereocenters. The van der Waals surface area contributed by atoms with E-state index < -0.39 is 0 Å². The van der Waals surface area contributed by atoms with Crippen molar-refractivity contribution in [3.8, 4) is 16.9 Å². The molecule has 6 nitrogen and oxygen atoms in total. The number of nitrogens with zero attached hydrogens (tertiary/aromatic N) is 2. The van der Waals surface area contributed by atoms with Gasteiger partial charge in [-0.15, -0.1) is 0 Å². The summed E-state index contributed by atoms with van der Waals surface area (Å²) in [6, 6.07) is 15.9. The fraction of sp³-hybridized carbons (Fsp3) is 0.462. The summed E-state index contributed by atoms with van der Waals surface area (Å²) >= 11 is 0. The lowest BCUT2D eigenvalue weighted by Crippen LogP contribution is -2.48. The second-order valence-electron chi connectivity index (χ2n) is 8.59. The number of anilines is 1. The van der Waals surface area contributed by atoms with Gasteiger partial charge < -0.3 is 15.0 Å². The summed E-state index contributed by atoms with van der Waals surface area (Å²) in [5, 5.41) is 3.00. The average Bonchev–Trinajstić information content (AvgIpc) is 2.78. The van der Waals surface area contributed by atoms with Crippen molar-refractivity contribution in [2.45, 2.75) is 46.1 Å². The van der Waals surface area contributed by atoms with Crippen LogP contribution in [-0.2, 0) is 9.59 Å². The van der Waals surface area contributed by atoms with Crippen LogP contribution in [0.5, 0.6) is 5.75 Å². The zero-order chi connectivity index (χ0) is 22.9.